The van der Waals surface area contributed by atoms with Gasteiger partial charge in [-0.1, -0.05) is 41.9 Å². The van der Waals surface area contributed by atoms with Gasteiger partial charge in [0, 0.05) is 10.8 Å². The molecule has 1 N–H and O–H groups in total. The molecule has 0 aliphatic rings. The van der Waals surface area contributed by atoms with Crippen molar-refractivity contribution in [3.63, 3.8) is 0 Å². The lowest BCUT2D eigenvalue weighted by Crippen LogP contribution is -2.22. The van der Waals surface area contributed by atoms with Crippen LogP contribution in [-0.2, 0) is 10.5 Å². The molecule has 3 nitrogen and oxygen atoms in total. The van der Waals surface area contributed by atoms with E-state index in [1.807, 2.05) is 25.1 Å². The number of methoxy groups -OCH3 is 1. The maximum Gasteiger partial charge on any atom is 0.237 e. The summed E-state index contributed by atoms with van der Waals surface area (Å²) in [6.45, 7) is 1.89. The summed E-state index contributed by atoms with van der Waals surface area (Å²) in [4.78, 5) is 12.3. The predicted molar refractivity (Wildman–Crippen MR) is 93.8 cm³/mol. The number of halogens is 1. The number of thioether (sulfide) groups is 1. The predicted octanol–water partition coefficient (Wildman–Crippen LogP) is 4.61. The Kier molecular flexibility index (Phi) is 6.16. The van der Waals surface area contributed by atoms with E-state index in [1.165, 1.54) is 5.56 Å². The van der Waals surface area contributed by atoms with Gasteiger partial charge in [0.1, 0.15) is 5.75 Å². The van der Waals surface area contributed by atoms with Gasteiger partial charge in [-0.2, -0.15) is 0 Å². The Bertz CT molecular complexity index is 634. The number of amides is 1. The second kappa shape index (κ2) is 8.11. The van der Waals surface area contributed by atoms with Gasteiger partial charge in [0.25, 0.3) is 0 Å². The van der Waals surface area contributed by atoms with Crippen molar-refractivity contribution in [3.05, 3.63) is 59.1 Å². The third kappa shape index (κ3) is 4.68. The zero-order valence-corrected chi connectivity index (χ0v) is 14.1. The van der Waals surface area contributed by atoms with Crippen molar-refractivity contribution in [1.29, 1.82) is 0 Å². The van der Waals surface area contributed by atoms with E-state index >= 15 is 0 Å². The van der Waals surface area contributed by atoms with Crippen LogP contribution in [0, 0.1) is 0 Å². The molecule has 2 aromatic carbocycles. The first-order valence-electron chi connectivity index (χ1n) is 6.90. The highest BCUT2D eigenvalue weighted by Gasteiger charge is 2.15. The topological polar surface area (TPSA) is 38.3 Å². The van der Waals surface area contributed by atoms with E-state index in [0.717, 1.165) is 5.75 Å². The summed E-state index contributed by atoms with van der Waals surface area (Å²) in [7, 11) is 1.56. The van der Waals surface area contributed by atoms with E-state index in [9.17, 15) is 4.79 Å². The Morgan fingerprint density at radius 3 is 2.68 bits per heavy atom. The number of ether oxygens (including phenoxy) is 1. The highest BCUT2D eigenvalue weighted by Crippen LogP contribution is 2.28. The first kappa shape index (κ1) is 16.7. The second-order valence-corrected chi connectivity index (χ2v) is 6.54. The zero-order valence-electron chi connectivity index (χ0n) is 12.5. The Hall–Kier alpha value is -1.65. The van der Waals surface area contributed by atoms with Crippen molar-refractivity contribution in [2.75, 3.05) is 12.4 Å². The molecule has 0 aliphatic heterocycles. The molecule has 5 heteroatoms. The van der Waals surface area contributed by atoms with Crippen LogP contribution in [0.15, 0.2) is 48.5 Å². The molecular weight excluding hydrogens is 318 g/mol. The first-order chi connectivity index (χ1) is 10.6. The summed E-state index contributed by atoms with van der Waals surface area (Å²) in [6, 6.07) is 15.2. The molecule has 116 valence electrons. The minimum absolute atomic E-state index is 0.0681. The molecule has 0 radical (unpaired) electrons. The number of benzene rings is 2. The van der Waals surface area contributed by atoms with Gasteiger partial charge in [0.2, 0.25) is 5.91 Å². The first-order valence-corrected chi connectivity index (χ1v) is 8.32. The summed E-state index contributed by atoms with van der Waals surface area (Å²) in [5.74, 6) is 1.32. The minimum Gasteiger partial charge on any atom is -0.495 e. The molecule has 0 bridgehead atoms. The number of carbonyl (C=O) groups is 1. The Morgan fingerprint density at radius 2 is 2.00 bits per heavy atom. The number of anilines is 1. The molecule has 0 spiro atoms. The van der Waals surface area contributed by atoms with Crippen LogP contribution in [0.4, 0.5) is 5.69 Å². The second-order valence-electron chi connectivity index (χ2n) is 4.77. The lowest BCUT2D eigenvalue weighted by molar-refractivity contribution is -0.115. The highest BCUT2D eigenvalue weighted by molar-refractivity contribution is 7.99. The fourth-order valence-corrected chi connectivity index (χ4v) is 2.90. The van der Waals surface area contributed by atoms with Crippen LogP contribution in [0.25, 0.3) is 0 Å². The molecule has 0 unspecified atom stereocenters. The van der Waals surface area contributed by atoms with Gasteiger partial charge in [0.15, 0.2) is 0 Å². The van der Waals surface area contributed by atoms with E-state index in [1.54, 1.807) is 37.1 Å². The van der Waals surface area contributed by atoms with Crippen molar-refractivity contribution in [3.8, 4) is 5.75 Å². The minimum atomic E-state index is -0.177. The van der Waals surface area contributed by atoms with Gasteiger partial charge in [-0.05, 0) is 30.7 Å². The van der Waals surface area contributed by atoms with Crippen molar-refractivity contribution in [2.45, 2.75) is 17.9 Å². The SMILES string of the molecule is COc1ccc(Cl)cc1NC(=O)[C@H](C)SCc1ccccc1. The molecule has 0 aliphatic carbocycles. The average Bonchev–Trinajstić information content (AvgIpc) is 2.53. The largest absolute Gasteiger partial charge is 0.495 e. The standard InChI is InChI=1S/C17H18ClNO2S/c1-12(22-11-13-6-4-3-5-7-13)17(20)19-15-10-14(18)8-9-16(15)21-2/h3-10,12H,11H2,1-2H3,(H,19,20)/t12-/m0/s1. The monoisotopic (exact) mass is 335 g/mol. The summed E-state index contributed by atoms with van der Waals surface area (Å²) in [5.41, 5.74) is 1.79. The van der Waals surface area contributed by atoms with Gasteiger partial charge in [0.05, 0.1) is 18.0 Å². The maximum absolute atomic E-state index is 12.3. The number of hydrogen-bond donors (Lipinski definition) is 1. The number of carbonyl (C=O) groups excluding carboxylic acids is 1. The van der Waals surface area contributed by atoms with Crippen LogP contribution < -0.4 is 10.1 Å². The highest BCUT2D eigenvalue weighted by atomic mass is 35.5. The van der Waals surface area contributed by atoms with Crippen LogP contribution in [0.3, 0.4) is 0 Å². The van der Waals surface area contributed by atoms with Crippen LogP contribution in [0.2, 0.25) is 5.02 Å². The normalized spacial score (nSPS) is 11.8. The summed E-state index contributed by atoms with van der Waals surface area (Å²) in [5, 5.41) is 3.25. The average molecular weight is 336 g/mol. The fraction of sp³-hybridized carbons (Fsp3) is 0.235. The number of hydrogen-bond acceptors (Lipinski definition) is 3. The van der Waals surface area contributed by atoms with Gasteiger partial charge in [-0.3, -0.25) is 4.79 Å². The maximum atomic E-state index is 12.3. The summed E-state index contributed by atoms with van der Waals surface area (Å²) in [6.07, 6.45) is 0. The molecule has 0 fully saturated rings. The van der Waals surface area contributed by atoms with Gasteiger partial charge >= 0.3 is 0 Å². The zero-order chi connectivity index (χ0) is 15.9. The smallest absolute Gasteiger partial charge is 0.237 e. The van der Waals surface area contributed by atoms with Crippen LogP contribution in [0.5, 0.6) is 5.75 Å². The van der Waals surface area contributed by atoms with E-state index in [0.29, 0.717) is 16.5 Å². The third-order valence-electron chi connectivity index (χ3n) is 3.13. The van der Waals surface area contributed by atoms with E-state index in [4.69, 9.17) is 16.3 Å². The molecule has 2 rings (SSSR count). The van der Waals surface area contributed by atoms with Crippen molar-refractivity contribution >= 4 is 35.0 Å². The quantitative estimate of drug-likeness (QED) is 0.837. The van der Waals surface area contributed by atoms with E-state index < -0.39 is 0 Å². The lowest BCUT2D eigenvalue weighted by atomic mass is 10.2. The molecular formula is C17H18ClNO2S. The van der Waals surface area contributed by atoms with Gasteiger partial charge < -0.3 is 10.1 Å². The van der Waals surface area contributed by atoms with Crippen LogP contribution in [-0.4, -0.2) is 18.3 Å². The van der Waals surface area contributed by atoms with E-state index in [-0.39, 0.29) is 11.2 Å². The molecule has 0 saturated carbocycles. The third-order valence-corrected chi connectivity index (χ3v) is 4.58. The van der Waals surface area contributed by atoms with Crippen LogP contribution >= 0.6 is 23.4 Å². The van der Waals surface area contributed by atoms with Crippen molar-refractivity contribution in [1.82, 2.24) is 0 Å². The molecule has 0 aromatic heterocycles. The Morgan fingerprint density at radius 1 is 1.27 bits per heavy atom. The Labute approximate surface area is 140 Å². The molecule has 1 amide bonds. The van der Waals surface area contributed by atoms with Crippen LogP contribution in [0.1, 0.15) is 12.5 Å². The molecule has 0 saturated heterocycles. The van der Waals surface area contributed by atoms with Crippen molar-refractivity contribution in [2.24, 2.45) is 0 Å². The molecule has 22 heavy (non-hydrogen) atoms. The number of rotatable bonds is 6. The summed E-state index contributed by atoms with van der Waals surface area (Å²) < 4.78 is 5.23. The lowest BCUT2D eigenvalue weighted by Gasteiger charge is -2.14. The van der Waals surface area contributed by atoms with Crippen molar-refractivity contribution < 1.29 is 9.53 Å². The number of nitrogens with one attached hydrogen (secondary N) is 1. The summed E-state index contributed by atoms with van der Waals surface area (Å²) >= 11 is 7.55. The molecule has 2 aromatic rings. The molecule has 1 atom stereocenters. The van der Waals surface area contributed by atoms with Gasteiger partial charge in [-0.15, -0.1) is 11.8 Å². The fourth-order valence-electron chi connectivity index (χ4n) is 1.88. The molecule has 0 heterocycles. The Balaban J connectivity index is 1.95. The van der Waals surface area contributed by atoms with E-state index in [2.05, 4.69) is 17.4 Å². The van der Waals surface area contributed by atoms with Gasteiger partial charge in [-0.25, -0.2) is 0 Å².